The number of benzene rings is 6. The van der Waals surface area contributed by atoms with Crippen LogP contribution >= 0.6 is 0 Å². The van der Waals surface area contributed by atoms with Crippen molar-refractivity contribution in [3.8, 4) is 56.0 Å². The Labute approximate surface area is 372 Å². The van der Waals surface area contributed by atoms with Crippen molar-refractivity contribution < 1.29 is 14.6 Å². The Morgan fingerprint density at radius 2 is 1.22 bits per heavy atom. The van der Waals surface area contributed by atoms with Crippen LogP contribution in [0.15, 0.2) is 150 Å². The number of aryl methyl sites for hydroxylation is 1. The molecule has 6 aromatic carbocycles. The fourth-order valence-electron chi connectivity index (χ4n) is 10.5. The Morgan fingerprint density at radius 1 is 0.635 bits per heavy atom. The van der Waals surface area contributed by atoms with Crippen LogP contribution in [0, 0.1) is 5.92 Å². The van der Waals surface area contributed by atoms with Gasteiger partial charge in [0.1, 0.15) is 22.8 Å². The predicted octanol–water partition coefficient (Wildman–Crippen LogP) is 13.8. The molecule has 0 fully saturated rings. The van der Waals surface area contributed by atoms with Gasteiger partial charge in [-0.1, -0.05) is 125 Å². The van der Waals surface area contributed by atoms with Gasteiger partial charge in [-0.25, -0.2) is 0 Å². The highest BCUT2D eigenvalue weighted by Crippen LogP contribution is 2.53. The number of furan rings is 1. The van der Waals surface area contributed by atoms with Crippen LogP contribution in [-0.4, -0.2) is 17.3 Å². The first-order valence-corrected chi connectivity index (χ1v) is 22.4. The predicted molar refractivity (Wildman–Crippen MR) is 262 cm³/mol. The van der Waals surface area contributed by atoms with E-state index in [1.807, 2.05) is 42.5 Å². The maximum absolute atomic E-state index is 10.4. The van der Waals surface area contributed by atoms with Crippen molar-refractivity contribution in [2.24, 2.45) is 17.4 Å². The van der Waals surface area contributed by atoms with Gasteiger partial charge in [0.05, 0.1) is 0 Å². The van der Waals surface area contributed by atoms with Crippen LogP contribution in [-0.2, 0) is 23.8 Å². The SMILES string of the molecule is CC1(C)c2cc(O)ccc2-c2ccc(-c3cc(-c4ccc5c(c4)C(C)(C)c4cc(O)ccc4-5)c4oc5c(c4c3)C(CCC3C=CC=CC3)=CCC5)cc21.CN.NCc1ccccc1. The molecule has 318 valence electrons. The molecular formula is C58H58N2O3. The molecule has 4 aliphatic carbocycles. The highest BCUT2D eigenvalue weighted by Gasteiger charge is 2.38. The largest absolute Gasteiger partial charge is 0.508 e. The second kappa shape index (κ2) is 16.7. The van der Waals surface area contributed by atoms with Crippen molar-refractivity contribution >= 4 is 16.5 Å². The number of phenols is 2. The van der Waals surface area contributed by atoms with E-state index in [2.05, 4.69) is 124 Å². The van der Waals surface area contributed by atoms with E-state index in [4.69, 9.17) is 10.2 Å². The van der Waals surface area contributed by atoms with Gasteiger partial charge in [0.25, 0.3) is 0 Å². The lowest BCUT2D eigenvalue weighted by atomic mass is 9.80. The second-order valence-corrected chi connectivity index (χ2v) is 18.3. The minimum absolute atomic E-state index is 0.241. The lowest BCUT2D eigenvalue weighted by Crippen LogP contribution is -2.15. The van der Waals surface area contributed by atoms with Gasteiger partial charge in [-0.15, -0.1) is 0 Å². The molecule has 7 aromatic rings. The molecule has 5 nitrogen and oxygen atoms in total. The number of hydrogen-bond acceptors (Lipinski definition) is 5. The fourth-order valence-corrected chi connectivity index (χ4v) is 10.5. The van der Waals surface area contributed by atoms with Crippen molar-refractivity contribution in [1.29, 1.82) is 0 Å². The Kier molecular flexibility index (Phi) is 11.1. The van der Waals surface area contributed by atoms with Gasteiger partial charge in [-0.05, 0) is 160 Å². The van der Waals surface area contributed by atoms with E-state index in [9.17, 15) is 10.2 Å². The van der Waals surface area contributed by atoms with E-state index in [0.29, 0.717) is 24.0 Å². The minimum Gasteiger partial charge on any atom is -0.508 e. The first-order chi connectivity index (χ1) is 30.5. The molecule has 63 heavy (non-hydrogen) atoms. The summed E-state index contributed by atoms with van der Waals surface area (Å²) >= 11 is 0. The van der Waals surface area contributed by atoms with E-state index in [1.54, 1.807) is 12.1 Å². The summed E-state index contributed by atoms with van der Waals surface area (Å²) in [4.78, 5) is 0. The van der Waals surface area contributed by atoms with E-state index in [-0.39, 0.29) is 10.8 Å². The molecule has 0 saturated heterocycles. The van der Waals surface area contributed by atoms with E-state index < -0.39 is 0 Å². The van der Waals surface area contributed by atoms with Crippen molar-refractivity contribution in [3.05, 3.63) is 185 Å². The summed E-state index contributed by atoms with van der Waals surface area (Å²) in [5, 5.41) is 22.0. The van der Waals surface area contributed by atoms with Crippen LogP contribution in [0.1, 0.15) is 92.5 Å². The molecule has 1 atom stereocenters. The molecule has 4 aliphatic rings. The molecule has 0 radical (unpaired) electrons. The van der Waals surface area contributed by atoms with Crippen molar-refractivity contribution in [1.82, 2.24) is 0 Å². The first-order valence-electron chi connectivity index (χ1n) is 22.4. The van der Waals surface area contributed by atoms with Crippen LogP contribution in [0.25, 0.3) is 61.0 Å². The molecular weight excluding hydrogens is 773 g/mol. The van der Waals surface area contributed by atoms with Crippen LogP contribution in [0.2, 0.25) is 0 Å². The van der Waals surface area contributed by atoms with Gasteiger partial charge in [0, 0.05) is 40.3 Å². The maximum Gasteiger partial charge on any atom is 0.142 e. The van der Waals surface area contributed by atoms with Gasteiger partial charge in [0.2, 0.25) is 0 Å². The van der Waals surface area contributed by atoms with E-state index in [1.165, 1.54) is 73.6 Å². The molecule has 0 aliphatic heterocycles. The van der Waals surface area contributed by atoms with Gasteiger partial charge < -0.3 is 26.1 Å². The molecule has 1 aromatic heterocycles. The number of hydrogen-bond donors (Lipinski definition) is 4. The number of allylic oxidation sites excluding steroid dienone is 6. The van der Waals surface area contributed by atoms with Crippen molar-refractivity contribution in [2.45, 2.75) is 77.2 Å². The molecule has 11 rings (SSSR count). The third kappa shape index (κ3) is 7.43. The summed E-state index contributed by atoms with van der Waals surface area (Å²) < 4.78 is 6.98. The first kappa shape index (κ1) is 41.9. The molecule has 0 saturated carbocycles. The van der Waals surface area contributed by atoms with Crippen molar-refractivity contribution in [3.63, 3.8) is 0 Å². The highest BCUT2D eigenvalue weighted by molar-refractivity contribution is 6.04. The number of rotatable bonds is 6. The summed E-state index contributed by atoms with van der Waals surface area (Å²) in [6, 6.07) is 40.1. The van der Waals surface area contributed by atoms with Gasteiger partial charge >= 0.3 is 0 Å². The van der Waals surface area contributed by atoms with Crippen molar-refractivity contribution in [2.75, 3.05) is 7.05 Å². The third-order valence-corrected chi connectivity index (χ3v) is 13.8. The Hall–Kier alpha value is -6.40. The lowest BCUT2D eigenvalue weighted by molar-refractivity contribution is 0.472. The normalized spacial score (nSPS) is 16.7. The zero-order chi connectivity index (χ0) is 44.0. The third-order valence-electron chi connectivity index (χ3n) is 13.8. The molecule has 5 heteroatoms. The second-order valence-electron chi connectivity index (χ2n) is 18.3. The molecule has 0 amide bonds. The minimum atomic E-state index is -0.258. The fraction of sp³-hybridized carbons (Fsp3) is 0.241. The molecule has 1 heterocycles. The van der Waals surface area contributed by atoms with Gasteiger partial charge in [0.15, 0.2) is 0 Å². The monoisotopic (exact) mass is 830 g/mol. The van der Waals surface area contributed by atoms with E-state index >= 15 is 0 Å². The molecule has 1 unspecified atom stereocenters. The summed E-state index contributed by atoms with van der Waals surface area (Å²) in [7, 11) is 1.50. The average Bonchev–Trinajstić information content (AvgIpc) is 3.88. The average molecular weight is 831 g/mol. The highest BCUT2D eigenvalue weighted by atomic mass is 16.3. The van der Waals surface area contributed by atoms with Crippen LogP contribution < -0.4 is 11.5 Å². The Balaban J connectivity index is 0.000000452. The smallest absolute Gasteiger partial charge is 0.142 e. The standard InChI is InChI=1S/C50H44O3.C7H9N.CH5N/c1-49(2)42-25-31(15-19-36(42)38-21-17-34(51)27-44(38)49)33-23-40(32-16-20-37-39-22-18-35(52)28-45(39)50(3,4)43(37)26-32)48-41(24-33)47-30(11-8-12-46(47)53-48)14-13-29-9-6-5-7-10-29;8-6-7-4-2-1-3-5-7;1-2/h5-7,9,11,15-29,51-52H,8,10,12-14H2,1-4H3;1-5H,6,8H2;2H2,1H3. The van der Waals surface area contributed by atoms with Crippen LogP contribution in [0.3, 0.4) is 0 Å². The lowest BCUT2D eigenvalue weighted by Gasteiger charge is -2.22. The summed E-state index contributed by atoms with van der Waals surface area (Å²) in [5.41, 5.74) is 28.5. The summed E-state index contributed by atoms with van der Waals surface area (Å²) in [5.74, 6) is 2.28. The quantitative estimate of drug-likeness (QED) is 0.134. The van der Waals surface area contributed by atoms with Crippen LogP contribution in [0.5, 0.6) is 11.5 Å². The zero-order valence-corrected chi connectivity index (χ0v) is 37.1. The van der Waals surface area contributed by atoms with Crippen LogP contribution in [0.4, 0.5) is 0 Å². The summed E-state index contributed by atoms with van der Waals surface area (Å²) in [6.45, 7) is 9.69. The summed E-state index contributed by atoms with van der Waals surface area (Å²) in [6.07, 6.45) is 16.6. The number of aromatic hydroxyl groups is 2. The Bertz CT molecular complexity index is 2960. The van der Waals surface area contributed by atoms with Gasteiger partial charge in [-0.3, -0.25) is 0 Å². The topological polar surface area (TPSA) is 106 Å². The van der Waals surface area contributed by atoms with Gasteiger partial charge in [-0.2, -0.15) is 0 Å². The molecule has 6 N–H and O–H groups in total. The van der Waals surface area contributed by atoms with E-state index in [0.717, 1.165) is 65.7 Å². The number of phenolic OH excluding ortho intramolecular Hbond substituents is 2. The maximum atomic E-state index is 10.4. The Morgan fingerprint density at radius 3 is 1.81 bits per heavy atom. The molecule has 0 spiro atoms. The number of fused-ring (bicyclic) bond motifs is 9. The number of nitrogens with two attached hydrogens (primary N) is 2. The zero-order valence-electron chi connectivity index (χ0n) is 37.1. The molecule has 0 bridgehead atoms.